The fraction of sp³-hybridized carbons (Fsp3) is 0.667. The molecular weight excluding hydrogens is 210 g/mol. The SMILES string of the molecule is CC1CN(c2nn(C)cc2[N+](=O)[O-])CC1N. The Morgan fingerprint density at radius 3 is 2.81 bits per heavy atom. The van der Waals surface area contributed by atoms with Crippen molar-refractivity contribution in [3.05, 3.63) is 16.3 Å². The van der Waals surface area contributed by atoms with Crippen molar-refractivity contribution in [1.29, 1.82) is 0 Å². The fourth-order valence-electron chi connectivity index (χ4n) is 1.98. The zero-order valence-corrected chi connectivity index (χ0v) is 9.33. The third-order valence-corrected chi connectivity index (χ3v) is 2.96. The molecule has 2 atom stereocenters. The first-order chi connectivity index (χ1) is 7.49. The van der Waals surface area contributed by atoms with Crippen molar-refractivity contribution >= 4 is 11.5 Å². The van der Waals surface area contributed by atoms with E-state index in [0.29, 0.717) is 18.3 Å². The lowest BCUT2D eigenvalue weighted by Crippen LogP contribution is -2.28. The minimum Gasteiger partial charge on any atom is -0.348 e. The molecule has 0 bridgehead atoms. The van der Waals surface area contributed by atoms with Crippen molar-refractivity contribution in [3.8, 4) is 0 Å². The molecule has 1 aliphatic heterocycles. The normalized spacial score (nSPS) is 25.1. The molecule has 7 heteroatoms. The quantitative estimate of drug-likeness (QED) is 0.570. The molecule has 2 N–H and O–H groups in total. The summed E-state index contributed by atoms with van der Waals surface area (Å²) in [4.78, 5) is 12.3. The number of aromatic nitrogens is 2. The molecular formula is C9H15N5O2. The Morgan fingerprint density at radius 2 is 2.31 bits per heavy atom. The van der Waals surface area contributed by atoms with Crippen LogP contribution in [0.3, 0.4) is 0 Å². The highest BCUT2D eigenvalue weighted by molar-refractivity contribution is 5.57. The van der Waals surface area contributed by atoms with Crippen LogP contribution in [0.1, 0.15) is 6.92 Å². The van der Waals surface area contributed by atoms with E-state index in [1.807, 2.05) is 11.8 Å². The first kappa shape index (κ1) is 10.9. The highest BCUT2D eigenvalue weighted by Crippen LogP contribution is 2.29. The molecule has 7 nitrogen and oxygen atoms in total. The van der Waals surface area contributed by atoms with Gasteiger partial charge in [-0.3, -0.25) is 14.8 Å². The van der Waals surface area contributed by atoms with Crippen LogP contribution in [0, 0.1) is 16.0 Å². The van der Waals surface area contributed by atoms with Gasteiger partial charge in [0.05, 0.1) is 4.92 Å². The Bertz CT molecular complexity index is 406. The average molecular weight is 225 g/mol. The van der Waals surface area contributed by atoms with Crippen molar-refractivity contribution in [1.82, 2.24) is 9.78 Å². The van der Waals surface area contributed by atoms with E-state index in [1.54, 1.807) is 7.05 Å². The van der Waals surface area contributed by atoms with E-state index in [-0.39, 0.29) is 11.7 Å². The van der Waals surface area contributed by atoms with Gasteiger partial charge in [0, 0.05) is 26.2 Å². The third kappa shape index (κ3) is 1.73. The maximum atomic E-state index is 10.8. The minimum atomic E-state index is -0.406. The number of hydrogen-bond acceptors (Lipinski definition) is 5. The summed E-state index contributed by atoms with van der Waals surface area (Å²) >= 11 is 0. The molecule has 0 saturated carbocycles. The van der Waals surface area contributed by atoms with Crippen molar-refractivity contribution in [2.24, 2.45) is 18.7 Å². The largest absolute Gasteiger partial charge is 0.348 e. The van der Waals surface area contributed by atoms with Crippen LogP contribution in [-0.2, 0) is 7.05 Å². The highest BCUT2D eigenvalue weighted by atomic mass is 16.6. The first-order valence-corrected chi connectivity index (χ1v) is 5.17. The van der Waals surface area contributed by atoms with Crippen LogP contribution in [0.15, 0.2) is 6.20 Å². The summed E-state index contributed by atoms with van der Waals surface area (Å²) in [6.45, 7) is 3.39. The Balaban J connectivity index is 2.30. The van der Waals surface area contributed by atoms with Gasteiger partial charge in [0.2, 0.25) is 5.82 Å². The van der Waals surface area contributed by atoms with Gasteiger partial charge in [0.1, 0.15) is 6.20 Å². The summed E-state index contributed by atoms with van der Waals surface area (Å²) < 4.78 is 1.46. The lowest BCUT2D eigenvalue weighted by molar-refractivity contribution is -0.384. The smallest absolute Gasteiger partial charge is 0.330 e. The van der Waals surface area contributed by atoms with Gasteiger partial charge in [-0.15, -0.1) is 5.10 Å². The molecule has 0 spiro atoms. The Labute approximate surface area is 93.0 Å². The van der Waals surface area contributed by atoms with Gasteiger partial charge in [-0.2, -0.15) is 0 Å². The third-order valence-electron chi connectivity index (χ3n) is 2.96. The number of hydrogen-bond donors (Lipinski definition) is 1. The maximum Gasteiger partial charge on any atom is 0.330 e. The molecule has 16 heavy (non-hydrogen) atoms. The molecule has 0 aromatic carbocycles. The van der Waals surface area contributed by atoms with E-state index in [4.69, 9.17) is 5.73 Å². The summed E-state index contributed by atoms with van der Waals surface area (Å²) in [5.74, 6) is 0.758. The van der Waals surface area contributed by atoms with Crippen LogP contribution in [0.25, 0.3) is 0 Å². The topological polar surface area (TPSA) is 90.2 Å². The molecule has 0 radical (unpaired) electrons. The predicted molar refractivity (Wildman–Crippen MR) is 59.2 cm³/mol. The summed E-state index contributed by atoms with van der Waals surface area (Å²) in [7, 11) is 1.68. The molecule has 1 aliphatic rings. The van der Waals surface area contributed by atoms with Gasteiger partial charge in [0.15, 0.2) is 0 Å². The van der Waals surface area contributed by atoms with Gasteiger partial charge in [0.25, 0.3) is 0 Å². The summed E-state index contributed by atoms with van der Waals surface area (Å²) in [5.41, 5.74) is 5.94. The van der Waals surface area contributed by atoms with Gasteiger partial charge < -0.3 is 10.6 Å². The van der Waals surface area contributed by atoms with Crippen molar-refractivity contribution < 1.29 is 4.92 Å². The predicted octanol–water partition coefficient (Wildman–Crippen LogP) is 0.112. The van der Waals surface area contributed by atoms with Crippen molar-refractivity contribution in [2.45, 2.75) is 13.0 Å². The summed E-state index contributed by atoms with van der Waals surface area (Å²) in [5, 5.41) is 15.0. The van der Waals surface area contributed by atoms with E-state index >= 15 is 0 Å². The van der Waals surface area contributed by atoms with Gasteiger partial charge in [-0.05, 0) is 5.92 Å². The number of anilines is 1. The number of rotatable bonds is 2. The van der Waals surface area contributed by atoms with E-state index in [1.165, 1.54) is 10.9 Å². The number of nitro groups is 1. The molecule has 1 fully saturated rings. The van der Waals surface area contributed by atoms with Crippen LogP contribution in [0.5, 0.6) is 0 Å². The molecule has 2 rings (SSSR count). The van der Waals surface area contributed by atoms with Crippen LogP contribution in [0.4, 0.5) is 11.5 Å². The van der Waals surface area contributed by atoms with Gasteiger partial charge in [-0.25, -0.2) is 0 Å². The molecule has 1 aromatic heterocycles. The van der Waals surface area contributed by atoms with E-state index in [0.717, 1.165) is 6.54 Å². The second-order valence-corrected chi connectivity index (χ2v) is 4.31. The van der Waals surface area contributed by atoms with Gasteiger partial charge >= 0.3 is 5.69 Å². The zero-order chi connectivity index (χ0) is 11.9. The molecule has 1 saturated heterocycles. The summed E-state index contributed by atoms with van der Waals surface area (Å²) in [6, 6.07) is 0.0570. The highest BCUT2D eigenvalue weighted by Gasteiger charge is 2.32. The molecule has 0 amide bonds. The van der Waals surface area contributed by atoms with Crippen molar-refractivity contribution in [2.75, 3.05) is 18.0 Å². The molecule has 2 heterocycles. The van der Waals surface area contributed by atoms with Crippen molar-refractivity contribution in [3.63, 3.8) is 0 Å². The van der Waals surface area contributed by atoms with Crippen LogP contribution in [0.2, 0.25) is 0 Å². The first-order valence-electron chi connectivity index (χ1n) is 5.17. The monoisotopic (exact) mass is 225 g/mol. The van der Waals surface area contributed by atoms with Gasteiger partial charge in [-0.1, -0.05) is 6.92 Å². The summed E-state index contributed by atoms with van der Waals surface area (Å²) in [6.07, 6.45) is 1.42. The zero-order valence-electron chi connectivity index (χ0n) is 9.33. The Morgan fingerprint density at radius 1 is 1.62 bits per heavy atom. The van der Waals surface area contributed by atoms with E-state index < -0.39 is 4.92 Å². The Kier molecular flexibility index (Phi) is 2.55. The molecule has 2 unspecified atom stereocenters. The minimum absolute atomic E-state index is 0.0452. The lowest BCUT2D eigenvalue weighted by Gasteiger charge is -2.13. The lowest BCUT2D eigenvalue weighted by atomic mass is 10.1. The second-order valence-electron chi connectivity index (χ2n) is 4.31. The van der Waals surface area contributed by atoms with Crippen LogP contribution < -0.4 is 10.6 Å². The number of nitrogens with two attached hydrogens (primary N) is 1. The number of aryl methyl sites for hydroxylation is 1. The standard InChI is InChI=1S/C9H15N5O2/c1-6-3-13(4-7(6)10)9-8(14(15)16)5-12(2)11-9/h5-7H,3-4,10H2,1-2H3. The molecule has 88 valence electrons. The average Bonchev–Trinajstić information content (AvgIpc) is 2.71. The van der Waals surface area contributed by atoms with E-state index in [9.17, 15) is 10.1 Å². The van der Waals surface area contributed by atoms with Crippen LogP contribution in [-0.4, -0.2) is 33.8 Å². The molecule has 1 aromatic rings. The van der Waals surface area contributed by atoms with E-state index in [2.05, 4.69) is 5.10 Å². The van der Waals surface area contributed by atoms with Crippen LogP contribution >= 0.6 is 0 Å². The second kappa shape index (κ2) is 3.75. The molecule has 0 aliphatic carbocycles. The maximum absolute atomic E-state index is 10.8. The fourth-order valence-corrected chi connectivity index (χ4v) is 1.98. The Hall–Kier alpha value is -1.63. The number of nitrogens with zero attached hydrogens (tertiary/aromatic N) is 4.